The third-order valence-electron chi connectivity index (χ3n) is 5.46. The number of halogens is 1. The Morgan fingerprint density at radius 2 is 2.14 bits per heavy atom. The maximum atomic E-state index is 13.5. The second-order valence-electron chi connectivity index (χ2n) is 7.97. The number of rotatable bonds is 5. The molecule has 0 bridgehead atoms. The molecule has 0 fully saturated rings. The number of para-hydroxylation sites is 2. The predicted octanol–water partition coefficient (Wildman–Crippen LogP) is 5.52. The van der Waals surface area contributed by atoms with E-state index in [2.05, 4.69) is 53.8 Å². The summed E-state index contributed by atoms with van der Waals surface area (Å²) in [6.45, 7) is 5.95. The molecule has 0 radical (unpaired) electrons. The average Bonchev–Trinajstić information content (AvgIpc) is 3.28. The smallest absolute Gasteiger partial charge is 0.302 e. The molecule has 1 aromatic carbocycles. The standard InChI is InChI=1S/C25H26BrN7O2S/c1-5-14(2)13-36-25(27-4)32-22(34)20-15(3)29-23(31-21(20)16-10-11-28-12-17(16)26)33-24-30-18-8-6-7-9-19(18)35-24/h6-13,21H,5H2,1-4H3,(H,27,32,34)(H2,29,30,31,33). The number of allylic oxidation sites excluding steroid dienone is 2. The monoisotopic (exact) mass is 567 g/mol. The summed E-state index contributed by atoms with van der Waals surface area (Å²) >= 11 is 4.94. The van der Waals surface area contributed by atoms with Gasteiger partial charge in [0.15, 0.2) is 10.8 Å². The van der Waals surface area contributed by atoms with Gasteiger partial charge in [0.05, 0.1) is 5.57 Å². The van der Waals surface area contributed by atoms with Gasteiger partial charge in [-0.2, -0.15) is 4.98 Å². The predicted molar refractivity (Wildman–Crippen MR) is 149 cm³/mol. The van der Waals surface area contributed by atoms with E-state index < -0.39 is 6.04 Å². The van der Waals surface area contributed by atoms with Crippen molar-refractivity contribution in [2.75, 3.05) is 12.4 Å². The number of anilines is 1. The summed E-state index contributed by atoms with van der Waals surface area (Å²) in [5, 5.41) is 11.7. The van der Waals surface area contributed by atoms with Crippen LogP contribution in [-0.2, 0) is 4.79 Å². The minimum absolute atomic E-state index is 0.297. The molecule has 1 aliphatic rings. The number of hydrogen-bond acceptors (Lipinski definition) is 9. The highest BCUT2D eigenvalue weighted by Crippen LogP contribution is 2.35. The molecule has 3 heterocycles. The van der Waals surface area contributed by atoms with Crippen LogP contribution >= 0.6 is 27.7 Å². The Morgan fingerprint density at radius 1 is 1.33 bits per heavy atom. The van der Waals surface area contributed by atoms with E-state index in [1.807, 2.05) is 49.6 Å². The zero-order chi connectivity index (χ0) is 25.7. The molecule has 0 saturated heterocycles. The van der Waals surface area contributed by atoms with Crippen molar-refractivity contribution in [3.05, 3.63) is 75.0 Å². The molecule has 36 heavy (non-hydrogen) atoms. The van der Waals surface area contributed by atoms with E-state index in [1.54, 1.807) is 19.4 Å². The normalized spacial score (nSPS) is 16.6. The van der Waals surface area contributed by atoms with Crippen LogP contribution in [0, 0.1) is 0 Å². The maximum Gasteiger partial charge on any atom is 0.302 e. The molecular formula is C25H26BrN7O2S. The molecule has 0 aliphatic carbocycles. The van der Waals surface area contributed by atoms with Crippen LogP contribution in [0.1, 0.15) is 38.8 Å². The molecule has 1 unspecified atom stereocenters. The van der Waals surface area contributed by atoms with Gasteiger partial charge in [-0.05, 0) is 65.4 Å². The molecule has 9 nitrogen and oxygen atoms in total. The summed E-state index contributed by atoms with van der Waals surface area (Å²) in [6.07, 6.45) is 4.27. The molecule has 1 aliphatic heterocycles. The Balaban J connectivity index is 1.64. The lowest BCUT2D eigenvalue weighted by Crippen LogP contribution is -2.40. The van der Waals surface area contributed by atoms with E-state index >= 15 is 0 Å². The summed E-state index contributed by atoms with van der Waals surface area (Å²) in [5.74, 6) is 0.110. The quantitative estimate of drug-likeness (QED) is 0.274. The van der Waals surface area contributed by atoms with Gasteiger partial charge >= 0.3 is 6.01 Å². The number of oxazole rings is 1. The van der Waals surface area contributed by atoms with Gasteiger partial charge in [-0.15, -0.1) is 0 Å². The fourth-order valence-electron chi connectivity index (χ4n) is 3.44. The zero-order valence-electron chi connectivity index (χ0n) is 20.3. The lowest BCUT2D eigenvalue weighted by atomic mass is 9.96. The summed E-state index contributed by atoms with van der Waals surface area (Å²) in [7, 11) is 1.65. The first-order valence-corrected chi connectivity index (χ1v) is 12.9. The first-order valence-electron chi connectivity index (χ1n) is 11.3. The molecule has 4 rings (SSSR count). The number of pyridine rings is 1. The number of aromatic nitrogens is 2. The maximum absolute atomic E-state index is 13.5. The number of thioether (sulfide) groups is 1. The van der Waals surface area contributed by atoms with Crippen molar-refractivity contribution in [3.8, 4) is 0 Å². The minimum Gasteiger partial charge on any atom is -0.423 e. The Morgan fingerprint density at radius 3 is 2.86 bits per heavy atom. The molecule has 3 aromatic rings. The first-order chi connectivity index (χ1) is 17.4. The summed E-state index contributed by atoms with van der Waals surface area (Å²) < 4.78 is 6.52. The lowest BCUT2D eigenvalue weighted by molar-refractivity contribution is -0.116. The number of carbonyl (C=O) groups is 1. The molecular weight excluding hydrogens is 542 g/mol. The van der Waals surface area contributed by atoms with Gasteiger partial charge in [0.1, 0.15) is 11.6 Å². The fourth-order valence-corrected chi connectivity index (χ4v) is 4.64. The van der Waals surface area contributed by atoms with Crippen LogP contribution in [0.3, 0.4) is 0 Å². The van der Waals surface area contributed by atoms with Crippen molar-refractivity contribution in [1.29, 1.82) is 0 Å². The summed E-state index contributed by atoms with van der Waals surface area (Å²) in [6, 6.07) is 9.00. The fraction of sp³-hybridized carbons (Fsp3) is 0.240. The number of benzene rings is 1. The van der Waals surface area contributed by atoms with Gasteiger partial charge in [0.2, 0.25) is 5.96 Å². The van der Waals surface area contributed by atoms with Crippen molar-refractivity contribution in [1.82, 2.24) is 20.6 Å². The van der Waals surface area contributed by atoms with Crippen LogP contribution in [-0.4, -0.2) is 34.1 Å². The number of guanidine groups is 1. The molecule has 1 amide bonds. The number of nitrogens with one attached hydrogen (secondary N) is 3. The zero-order valence-corrected chi connectivity index (χ0v) is 22.7. The Bertz CT molecular complexity index is 1380. The molecule has 3 N–H and O–H groups in total. The van der Waals surface area contributed by atoms with E-state index in [4.69, 9.17) is 9.41 Å². The molecule has 0 spiro atoms. The second-order valence-corrected chi connectivity index (χ2v) is 9.68. The number of aliphatic imine (C=N–C) groups is 2. The van der Waals surface area contributed by atoms with Crippen molar-refractivity contribution < 1.29 is 9.21 Å². The van der Waals surface area contributed by atoms with Gasteiger partial charge in [-0.1, -0.05) is 36.4 Å². The van der Waals surface area contributed by atoms with Crippen molar-refractivity contribution in [2.45, 2.75) is 33.2 Å². The highest BCUT2D eigenvalue weighted by atomic mass is 79.9. The highest BCUT2D eigenvalue weighted by Gasteiger charge is 2.31. The topological polar surface area (TPSA) is 117 Å². The number of amidine groups is 1. The van der Waals surface area contributed by atoms with Crippen LogP contribution < -0.4 is 16.0 Å². The average molecular weight is 569 g/mol. The van der Waals surface area contributed by atoms with E-state index in [9.17, 15) is 4.79 Å². The van der Waals surface area contributed by atoms with Crippen LogP contribution in [0.4, 0.5) is 6.01 Å². The SMILES string of the molecule is CCC(C)=CSC(=NC)NC(=O)C1=C(C)NC(Nc2nc3ccccc3o2)=NC1c1ccncc1Br. The third kappa shape index (κ3) is 5.85. The van der Waals surface area contributed by atoms with E-state index in [0.717, 1.165) is 22.0 Å². The molecule has 2 aromatic heterocycles. The minimum atomic E-state index is -0.619. The summed E-state index contributed by atoms with van der Waals surface area (Å²) in [5.41, 5.74) is 4.47. The molecule has 0 saturated carbocycles. The molecule has 186 valence electrons. The van der Waals surface area contributed by atoms with E-state index in [0.29, 0.717) is 34.0 Å². The van der Waals surface area contributed by atoms with Gasteiger partial charge < -0.3 is 15.1 Å². The number of hydrogen-bond donors (Lipinski definition) is 3. The molecule has 11 heteroatoms. The van der Waals surface area contributed by atoms with Crippen molar-refractivity contribution in [3.63, 3.8) is 0 Å². The number of fused-ring (bicyclic) bond motifs is 1. The summed E-state index contributed by atoms with van der Waals surface area (Å²) in [4.78, 5) is 31.1. The van der Waals surface area contributed by atoms with Crippen LogP contribution in [0.2, 0.25) is 0 Å². The second kappa shape index (κ2) is 11.5. The highest BCUT2D eigenvalue weighted by molar-refractivity contribution is 9.10. The largest absolute Gasteiger partial charge is 0.423 e. The molecule has 1 atom stereocenters. The van der Waals surface area contributed by atoms with Crippen LogP contribution in [0.15, 0.2) is 83.9 Å². The van der Waals surface area contributed by atoms with Crippen molar-refractivity contribution >= 4 is 61.8 Å². The van der Waals surface area contributed by atoms with Crippen LogP contribution in [0.5, 0.6) is 0 Å². The number of nitrogens with zero attached hydrogens (tertiary/aromatic N) is 4. The Labute approximate surface area is 221 Å². The van der Waals surface area contributed by atoms with Gasteiger partial charge in [0, 0.05) is 29.6 Å². The Kier molecular flexibility index (Phi) is 8.21. The lowest BCUT2D eigenvalue weighted by Gasteiger charge is -2.27. The number of carbonyl (C=O) groups excluding carboxylic acids is 1. The van der Waals surface area contributed by atoms with E-state index in [-0.39, 0.29) is 5.91 Å². The van der Waals surface area contributed by atoms with Crippen molar-refractivity contribution in [2.24, 2.45) is 9.98 Å². The van der Waals surface area contributed by atoms with E-state index in [1.165, 1.54) is 17.3 Å². The number of amides is 1. The van der Waals surface area contributed by atoms with Gasteiger partial charge in [-0.3, -0.25) is 20.1 Å². The first kappa shape index (κ1) is 25.6. The third-order valence-corrected chi connectivity index (χ3v) is 7.15. The Hall–Kier alpha value is -3.44. The van der Waals surface area contributed by atoms with Gasteiger partial charge in [0.25, 0.3) is 5.91 Å². The van der Waals surface area contributed by atoms with Crippen LogP contribution in [0.25, 0.3) is 11.1 Å². The van der Waals surface area contributed by atoms with Gasteiger partial charge in [-0.25, -0.2) is 4.99 Å².